The molecule has 1 aliphatic carbocycles. The fourth-order valence-electron chi connectivity index (χ4n) is 5.85. The summed E-state index contributed by atoms with van der Waals surface area (Å²) in [5, 5.41) is 8.53. The molecule has 39 heavy (non-hydrogen) atoms. The third kappa shape index (κ3) is 5.68. The Morgan fingerprint density at radius 1 is 1.15 bits per heavy atom. The van der Waals surface area contributed by atoms with Crippen LogP contribution in [0.15, 0.2) is 35.3 Å². The summed E-state index contributed by atoms with van der Waals surface area (Å²) < 4.78 is 2.09. The number of aromatic amines is 1. The van der Waals surface area contributed by atoms with Gasteiger partial charge in [0.05, 0.1) is 29.9 Å². The van der Waals surface area contributed by atoms with Gasteiger partial charge in [-0.25, -0.2) is 0 Å². The molecular formula is C30H38N6O3. The number of hydrogen-bond donors (Lipinski definition) is 2. The standard InChI is InChI=1S/C30H38N6O3/c1-19-13-20(2)33-30(39)25(19)16-31-29(38)24-14-22(21-9-11-35(12-10-21)28(37)18-34(3)4)15-27-26(24)17-32-36(27)23-7-5-6-8-23/h9,13-15,17,23H,5-8,10-12,16,18H2,1-4H3,(H,31,38)(H,33,39). The average molecular weight is 531 g/mol. The van der Waals surface area contributed by atoms with Crippen LogP contribution in [0.1, 0.15) is 70.9 Å². The van der Waals surface area contributed by atoms with Crippen molar-refractivity contribution in [2.24, 2.45) is 0 Å². The third-order valence-corrected chi connectivity index (χ3v) is 7.94. The number of H-pyrrole nitrogens is 1. The van der Waals surface area contributed by atoms with E-state index in [1.807, 2.05) is 49.9 Å². The van der Waals surface area contributed by atoms with Crippen LogP contribution in [-0.4, -0.2) is 70.1 Å². The number of likely N-dealkylation sites (N-methyl/N-ethyl adjacent to an activating group) is 1. The van der Waals surface area contributed by atoms with Crippen molar-refractivity contribution in [3.05, 3.63) is 68.8 Å². The lowest BCUT2D eigenvalue weighted by molar-refractivity contribution is -0.131. The van der Waals surface area contributed by atoms with Gasteiger partial charge in [0.15, 0.2) is 0 Å². The molecule has 0 radical (unpaired) electrons. The number of pyridine rings is 1. The number of carbonyl (C=O) groups is 2. The van der Waals surface area contributed by atoms with Crippen molar-refractivity contribution in [1.82, 2.24) is 29.9 Å². The molecule has 0 spiro atoms. The highest BCUT2D eigenvalue weighted by Gasteiger charge is 2.24. The minimum absolute atomic E-state index is 0.117. The van der Waals surface area contributed by atoms with Gasteiger partial charge in [0.25, 0.3) is 11.5 Å². The molecule has 0 atom stereocenters. The van der Waals surface area contributed by atoms with E-state index in [9.17, 15) is 14.4 Å². The summed E-state index contributed by atoms with van der Waals surface area (Å²) in [6.45, 7) is 5.47. The summed E-state index contributed by atoms with van der Waals surface area (Å²) in [7, 11) is 3.79. The molecule has 3 aromatic rings. The number of nitrogens with one attached hydrogen (secondary N) is 2. The van der Waals surface area contributed by atoms with Gasteiger partial charge in [0, 0.05) is 36.3 Å². The lowest BCUT2D eigenvalue weighted by Gasteiger charge is -2.28. The highest BCUT2D eigenvalue weighted by atomic mass is 16.2. The van der Waals surface area contributed by atoms with Crippen LogP contribution in [0.5, 0.6) is 0 Å². The molecular weight excluding hydrogens is 492 g/mol. The van der Waals surface area contributed by atoms with E-state index in [1.54, 1.807) is 6.20 Å². The summed E-state index contributed by atoms with van der Waals surface area (Å²) in [6, 6.07) is 6.33. The largest absolute Gasteiger partial charge is 0.348 e. The van der Waals surface area contributed by atoms with Crippen molar-refractivity contribution in [1.29, 1.82) is 0 Å². The van der Waals surface area contributed by atoms with Gasteiger partial charge < -0.3 is 20.1 Å². The Balaban J connectivity index is 1.47. The number of aromatic nitrogens is 3. The minimum Gasteiger partial charge on any atom is -0.348 e. The first-order valence-corrected chi connectivity index (χ1v) is 13.8. The summed E-state index contributed by atoms with van der Waals surface area (Å²) in [6.07, 6.45) is 9.17. The highest BCUT2D eigenvalue weighted by molar-refractivity contribution is 6.07. The van der Waals surface area contributed by atoms with Crippen LogP contribution in [0.25, 0.3) is 16.5 Å². The van der Waals surface area contributed by atoms with Crippen LogP contribution in [0, 0.1) is 13.8 Å². The van der Waals surface area contributed by atoms with Gasteiger partial charge in [-0.05, 0) is 82.1 Å². The lowest BCUT2D eigenvalue weighted by Crippen LogP contribution is -2.40. The quantitative estimate of drug-likeness (QED) is 0.486. The summed E-state index contributed by atoms with van der Waals surface area (Å²) >= 11 is 0. The number of aryl methyl sites for hydroxylation is 2. The maximum atomic E-state index is 13.6. The molecule has 1 fully saturated rings. The van der Waals surface area contributed by atoms with Gasteiger partial charge in [-0.3, -0.25) is 19.1 Å². The Morgan fingerprint density at radius 2 is 1.92 bits per heavy atom. The van der Waals surface area contributed by atoms with Crippen LogP contribution in [-0.2, 0) is 11.3 Å². The van der Waals surface area contributed by atoms with Crippen molar-refractivity contribution in [2.45, 2.75) is 58.5 Å². The molecule has 2 amide bonds. The van der Waals surface area contributed by atoms with Gasteiger partial charge in [-0.1, -0.05) is 18.9 Å². The maximum absolute atomic E-state index is 13.6. The fraction of sp³-hybridized carbons (Fsp3) is 0.467. The van der Waals surface area contributed by atoms with E-state index in [2.05, 4.69) is 27.1 Å². The van der Waals surface area contributed by atoms with E-state index in [4.69, 9.17) is 5.10 Å². The molecule has 9 heteroatoms. The molecule has 2 N–H and O–H groups in total. The van der Waals surface area contributed by atoms with Crippen LogP contribution in [0.4, 0.5) is 0 Å². The molecule has 0 bridgehead atoms. The van der Waals surface area contributed by atoms with Gasteiger partial charge in [0.2, 0.25) is 5.91 Å². The Bertz CT molecular complexity index is 1490. The first-order valence-electron chi connectivity index (χ1n) is 13.8. The molecule has 3 heterocycles. The highest BCUT2D eigenvalue weighted by Crippen LogP contribution is 2.35. The lowest BCUT2D eigenvalue weighted by atomic mass is 9.95. The Labute approximate surface area is 228 Å². The van der Waals surface area contributed by atoms with E-state index < -0.39 is 0 Å². The van der Waals surface area contributed by atoms with Crippen molar-refractivity contribution in [2.75, 3.05) is 33.7 Å². The first kappa shape index (κ1) is 26.9. The van der Waals surface area contributed by atoms with Crippen LogP contribution in [0.2, 0.25) is 0 Å². The average Bonchev–Trinajstić information content (AvgIpc) is 3.57. The van der Waals surface area contributed by atoms with Crippen LogP contribution >= 0.6 is 0 Å². The third-order valence-electron chi connectivity index (χ3n) is 7.94. The summed E-state index contributed by atoms with van der Waals surface area (Å²) in [5.74, 6) is -0.113. The number of amides is 2. The zero-order chi connectivity index (χ0) is 27.7. The summed E-state index contributed by atoms with van der Waals surface area (Å²) in [5.41, 5.74) is 5.65. The van der Waals surface area contributed by atoms with E-state index >= 15 is 0 Å². The molecule has 1 saturated carbocycles. The van der Waals surface area contributed by atoms with Crippen LogP contribution < -0.4 is 10.9 Å². The van der Waals surface area contributed by atoms with Crippen molar-refractivity contribution in [3.8, 4) is 0 Å². The summed E-state index contributed by atoms with van der Waals surface area (Å²) in [4.78, 5) is 45.2. The van der Waals surface area contributed by atoms with Gasteiger partial charge in [0.1, 0.15) is 0 Å². The van der Waals surface area contributed by atoms with Gasteiger partial charge >= 0.3 is 0 Å². The molecule has 9 nitrogen and oxygen atoms in total. The van der Waals surface area contributed by atoms with E-state index in [-0.39, 0.29) is 23.9 Å². The second-order valence-corrected chi connectivity index (χ2v) is 11.2. The Hall–Kier alpha value is -3.72. The van der Waals surface area contributed by atoms with E-state index in [0.29, 0.717) is 36.8 Å². The normalized spacial score (nSPS) is 16.2. The second-order valence-electron chi connectivity index (χ2n) is 11.2. The predicted octanol–water partition coefficient (Wildman–Crippen LogP) is 3.56. The zero-order valence-corrected chi connectivity index (χ0v) is 23.3. The second kappa shape index (κ2) is 11.2. The van der Waals surface area contributed by atoms with E-state index in [0.717, 1.165) is 52.6 Å². The maximum Gasteiger partial charge on any atom is 0.253 e. The smallest absolute Gasteiger partial charge is 0.253 e. The molecule has 1 aromatic carbocycles. The van der Waals surface area contributed by atoms with E-state index in [1.165, 1.54) is 12.8 Å². The molecule has 0 unspecified atom stereocenters. The number of hydrogen-bond acceptors (Lipinski definition) is 5. The first-order chi connectivity index (χ1) is 18.7. The van der Waals surface area contributed by atoms with Crippen LogP contribution in [0.3, 0.4) is 0 Å². The van der Waals surface area contributed by atoms with Crippen molar-refractivity contribution in [3.63, 3.8) is 0 Å². The predicted molar refractivity (Wildman–Crippen MR) is 153 cm³/mol. The van der Waals surface area contributed by atoms with Crippen molar-refractivity contribution >= 4 is 28.3 Å². The SMILES string of the molecule is Cc1cc(C)c(CNC(=O)c2cc(C3=CCN(C(=O)CN(C)C)CC3)cc3c2cnn3C2CCCC2)c(=O)[nH]1. The molecule has 206 valence electrons. The number of rotatable bonds is 7. The molecule has 1 aliphatic heterocycles. The molecule has 2 aliphatic rings. The van der Waals surface area contributed by atoms with Gasteiger partial charge in [-0.2, -0.15) is 5.10 Å². The number of nitrogens with zero attached hydrogens (tertiary/aromatic N) is 4. The number of fused-ring (bicyclic) bond motifs is 1. The Morgan fingerprint density at radius 3 is 2.59 bits per heavy atom. The minimum atomic E-state index is -0.230. The number of benzene rings is 1. The Kier molecular flexibility index (Phi) is 7.70. The fourth-order valence-corrected chi connectivity index (χ4v) is 5.85. The number of carbonyl (C=O) groups excluding carboxylic acids is 2. The van der Waals surface area contributed by atoms with Gasteiger partial charge in [-0.15, -0.1) is 0 Å². The monoisotopic (exact) mass is 530 g/mol. The molecule has 2 aromatic heterocycles. The van der Waals surface area contributed by atoms with Crippen molar-refractivity contribution < 1.29 is 9.59 Å². The molecule has 5 rings (SSSR count). The molecule has 0 saturated heterocycles. The zero-order valence-electron chi connectivity index (χ0n) is 23.3. The topological polar surface area (TPSA) is 103 Å².